The summed E-state index contributed by atoms with van der Waals surface area (Å²) in [7, 11) is 0. The fourth-order valence-corrected chi connectivity index (χ4v) is 0.450. The van der Waals surface area contributed by atoms with Gasteiger partial charge in [-0.05, 0) is 19.1 Å². The summed E-state index contributed by atoms with van der Waals surface area (Å²) in [5.74, 6) is 0. The molecule has 1 radical (unpaired) electrons. The SMILES string of the molecule is [CH2]c1ncccc1N. The maximum absolute atomic E-state index is 5.39. The molecule has 2 nitrogen and oxygen atoms in total. The molecule has 0 fully saturated rings. The molecule has 0 saturated carbocycles. The molecule has 2 heteroatoms. The summed E-state index contributed by atoms with van der Waals surface area (Å²) in [5.41, 5.74) is 6.69. The highest BCUT2D eigenvalue weighted by atomic mass is 14.7. The van der Waals surface area contributed by atoms with Crippen LogP contribution in [-0.2, 0) is 0 Å². The Kier molecular flexibility index (Phi) is 1.16. The Morgan fingerprint density at radius 3 is 2.75 bits per heavy atom. The minimum absolute atomic E-state index is 0.646. The van der Waals surface area contributed by atoms with Gasteiger partial charge in [0.2, 0.25) is 0 Å². The van der Waals surface area contributed by atoms with Gasteiger partial charge in [-0.25, -0.2) is 0 Å². The molecule has 0 spiro atoms. The van der Waals surface area contributed by atoms with Crippen LogP contribution in [0, 0.1) is 6.92 Å². The van der Waals surface area contributed by atoms with Crippen molar-refractivity contribution in [2.75, 3.05) is 5.73 Å². The quantitative estimate of drug-likeness (QED) is 0.533. The van der Waals surface area contributed by atoms with Gasteiger partial charge in [-0.2, -0.15) is 0 Å². The molecule has 0 aliphatic heterocycles. The van der Waals surface area contributed by atoms with Crippen LogP contribution in [0.2, 0.25) is 0 Å². The molecule has 2 N–H and O–H groups in total. The molecule has 0 aromatic carbocycles. The van der Waals surface area contributed by atoms with Gasteiger partial charge in [0.05, 0.1) is 11.4 Å². The average molecular weight is 107 g/mol. The fourth-order valence-electron chi connectivity index (χ4n) is 0.450. The monoisotopic (exact) mass is 107 g/mol. The second-order valence-electron chi connectivity index (χ2n) is 1.54. The lowest BCUT2D eigenvalue weighted by molar-refractivity contribution is 1.27. The molecule has 1 heterocycles. The van der Waals surface area contributed by atoms with Crippen LogP contribution in [-0.4, -0.2) is 4.98 Å². The topological polar surface area (TPSA) is 38.9 Å². The zero-order valence-electron chi connectivity index (χ0n) is 4.46. The van der Waals surface area contributed by atoms with E-state index in [1.807, 2.05) is 0 Å². The first kappa shape index (κ1) is 5.09. The molecule has 1 aromatic rings. The van der Waals surface area contributed by atoms with Crippen LogP contribution >= 0.6 is 0 Å². The van der Waals surface area contributed by atoms with Crippen LogP contribution in [0.5, 0.6) is 0 Å². The zero-order valence-corrected chi connectivity index (χ0v) is 4.46. The summed E-state index contributed by atoms with van der Waals surface area (Å²) < 4.78 is 0. The number of pyridine rings is 1. The van der Waals surface area contributed by atoms with Crippen molar-refractivity contribution >= 4 is 5.69 Å². The van der Waals surface area contributed by atoms with Gasteiger partial charge in [0.25, 0.3) is 0 Å². The highest BCUT2D eigenvalue weighted by molar-refractivity contribution is 5.43. The average Bonchev–Trinajstić information content (AvgIpc) is 1.77. The van der Waals surface area contributed by atoms with E-state index < -0.39 is 0 Å². The van der Waals surface area contributed by atoms with E-state index in [2.05, 4.69) is 11.9 Å². The number of nitrogen functional groups attached to an aromatic ring is 1. The van der Waals surface area contributed by atoms with E-state index >= 15 is 0 Å². The number of hydrogen-bond acceptors (Lipinski definition) is 2. The predicted octanol–water partition coefficient (Wildman–Crippen LogP) is 0.846. The van der Waals surface area contributed by atoms with E-state index in [4.69, 9.17) is 5.73 Å². The fraction of sp³-hybridized carbons (Fsp3) is 0. The number of nitrogens with two attached hydrogens (primary N) is 1. The summed E-state index contributed by atoms with van der Waals surface area (Å²) >= 11 is 0. The van der Waals surface area contributed by atoms with Crippen molar-refractivity contribution in [3.8, 4) is 0 Å². The summed E-state index contributed by atoms with van der Waals surface area (Å²) in [6.07, 6.45) is 1.67. The summed E-state index contributed by atoms with van der Waals surface area (Å²) in [5, 5.41) is 0. The Morgan fingerprint density at radius 1 is 1.62 bits per heavy atom. The van der Waals surface area contributed by atoms with Crippen LogP contribution < -0.4 is 5.73 Å². The van der Waals surface area contributed by atoms with Crippen molar-refractivity contribution in [3.63, 3.8) is 0 Å². The Bertz CT molecular complexity index is 163. The third kappa shape index (κ3) is 0.780. The van der Waals surface area contributed by atoms with Gasteiger partial charge in [0.15, 0.2) is 0 Å². The molecular formula is C6H7N2. The van der Waals surface area contributed by atoms with Gasteiger partial charge in [-0.15, -0.1) is 0 Å². The smallest absolute Gasteiger partial charge is 0.0636 e. The van der Waals surface area contributed by atoms with E-state index in [1.54, 1.807) is 18.3 Å². The van der Waals surface area contributed by atoms with Crippen LogP contribution in [0.1, 0.15) is 5.69 Å². The van der Waals surface area contributed by atoms with Crippen molar-refractivity contribution in [1.82, 2.24) is 4.98 Å². The van der Waals surface area contributed by atoms with Crippen LogP contribution in [0.4, 0.5) is 5.69 Å². The lowest BCUT2D eigenvalue weighted by Gasteiger charge is -1.92. The highest BCUT2D eigenvalue weighted by Gasteiger charge is 1.86. The number of rotatable bonds is 0. The van der Waals surface area contributed by atoms with Gasteiger partial charge in [-0.1, -0.05) is 0 Å². The molecule has 0 unspecified atom stereocenters. The third-order valence-corrected chi connectivity index (χ3v) is 0.925. The van der Waals surface area contributed by atoms with Gasteiger partial charge >= 0.3 is 0 Å². The maximum atomic E-state index is 5.39. The molecule has 0 aliphatic rings. The zero-order chi connectivity index (χ0) is 5.98. The minimum Gasteiger partial charge on any atom is -0.397 e. The molecule has 0 atom stereocenters. The Balaban J connectivity index is 3.13. The van der Waals surface area contributed by atoms with E-state index in [-0.39, 0.29) is 0 Å². The first-order chi connectivity index (χ1) is 3.80. The van der Waals surface area contributed by atoms with Gasteiger partial charge in [0.1, 0.15) is 0 Å². The van der Waals surface area contributed by atoms with Crippen LogP contribution in [0.3, 0.4) is 0 Å². The Morgan fingerprint density at radius 2 is 2.38 bits per heavy atom. The van der Waals surface area contributed by atoms with Gasteiger partial charge in [0, 0.05) is 6.20 Å². The van der Waals surface area contributed by atoms with Crippen molar-refractivity contribution < 1.29 is 0 Å². The van der Waals surface area contributed by atoms with Crippen molar-refractivity contribution in [1.29, 1.82) is 0 Å². The summed E-state index contributed by atoms with van der Waals surface area (Å²) in [6, 6.07) is 3.55. The van der Waals surface area contributed by atoms with E-state index in [1.165, 1.54) is 0 Å². The molecule has 41 valence electrons. The number of aromatic nitrogens is 1. The van der Waals surface area contributed by atoms with E-state index in [9.17, 15) is 0 Å². The molecule has 1 rings (SSSR count). The highest BCUT2D eigenvalue weighted by Crippen LogP contribution is 2.02. The van der Waals surface area contributed by atoms with Gasteiger partial charge < -0.3 is 5.73 Å². The molecule has 8 heavy (non-hydrogen) atoms. The lowest BCUT2D eigenvalue weighted by Crippen LogP contribution is -1.89. The Labute approximate surface area is 48.4 Å². The molecule has 0 amide bonds. The molecular weight excluding hydrogens is 100 g/mol. The normalized spacial score (nSPS) is 9.12. The second-order valence-corrected chi connectivity index (χ2v) is 1.54. The summed E-state index contributed by atoms with van der Waals surface area (Å²) in [6.45, 7) is 3.58. The first-order valence-corrected chi connectivity index (χ1v) is 2.33. The molecule has 0 aliphatic carbocycles. The molecule has 1 aromatic heterocycles. The molecule has 0 bridgehead atoms. The largest absolute Gasteiger partial charge is 0.397 e. The maximum Gasteiger partial charge on any atom is 0.0636 e. The van der Waals surface area contributed by atoms with E-state index in [0.717, 1.165) is 0 Å². The predicted molar refractivity (Wildman–Crippen MR) is 33.1 cm³/mol. The number of hydrogen-bond donors (Lipinski definition) is 1. The first-order valence-electron chi connectivity index (χ1n) is 2.33. The van der Waals surface area contributed by atoms with Crippen molar-refractivity contribution in [2.45, 2.75) is 0 Å². The standard InChI is InChI=1S/C6H7N2/c1-5-6(7)3-2-4-8-5/h2-4H,1,7H2. The van der Waals surface area contributed by atoms with Crippen LogP contribution in [0.15, 0.2) is 18.3 Å². The second kappa shape index (κ2) is 1.82. The third-order valence-electron chi connectivity index (χ3n) is 0.925. The lowest BCUT2D eigenvalue weighted by atomic mass is 10.3. The van der Waals surface area contributed by atoms with E-state index in [0.29, 0.717) is 11.4 Å². The Hall–Kier alpha value is -1.05. The summed E-state index contributed by atoms with van der Waals surface area (Å²) in [4.78, 5) is 3.84. The van der Waals surface area contributed by atoms with Crippen LogP contribution in [0.25, 0.3) is 0 Å². The number of anilines is 1. The van der Waals surface area contributed by atoms with Crippen molar-refractivity contribution in [2.24, 2.45) is 0 Å². The molecule has 0 saturated heterocycles. The number of nitrogens with zero attached hydrogens (tertiary/aromatic N) is 1. The van der Waals surface area contributed by atoms with Crippen molar-refractivity contribution in [3.05, 3.63) is 30.9 Å². The van der Waals surface area contributed by atoms with Gasteiger partial charge in [-0.3, -0.25) is 4.98 Å². The minimum atomic E-state index is 0.646.